The van der Waals surface area contributed by atoms with Gasteiger partial charge >= 0.3 is 18.1 Å². The summed E-state index contributed by atoms with van der Waals surface area (Å²) in [7, 11) is 0. The van der Waals surface area contributed by atoms with Crippen LogP contribution in [-0.2, 0) is 29.2 Å². The van der Waals surface area contributed by atoms with E-state index in [1.165, 1.54) is 0 Å². The van der Waals surface area contributed by atoms with E-state index in [2.05, 4.69) is 25.4 Å². The molecule has 9 heteroatoms. The molecule has 1 N–H and O–H groups in total. The highest BCUT2D eigenvalue weighted by molar-refractivity contribution is 5.89. The number of alkyl carbamates (subject to hydrolysis) is 1. The molecule has 114 valence electrons. The van der Waals surface area contributed by atoms with Crippen LogP contribution in [0.15, 0.2) is 5.16 Å². The molecule has 0 saturated heterocycles. The van der Waals surface area contributed by atoms with Gasteiger partial charge in [-0.1, -0.05) is 13.8 Å². The molecule has 0 bridgehead atoms. The zero-order valence-electron chi connectivity index (χ0n) is 12.0. The first-order valence-electron chi connectivity index (χ1n) is 5.98. The third-order valence-electron chi connectivity index (χ3n) is 2.03. The number of rotatable bonds is 3. The molecule has 1 amide bonds. The van der Waals surface area contributed by atoms with Gasteiger partial charge in [0.05, 0.1) is 5.04 Å². The predicted molar refractivity (Wildman–Crippen MR) is 64.8 cm³/mol. The van der Waals surface area contributed by atoms with Gasteiger partial charge in [-0.05, 0) is 26.7 Å². The Hall–Kier alpha value is -2.03. The SMILES string of the molecule is CC(C)[C@H](NC(=O)OC(C)(C)C)C(=O)OC1=NOOO1. The Kier molecular flexibility index (Phi) is 5.14. The first-order valence-corrected chi connectivity index (χ1v) is 5.98. The molecular formula is C11H18N2O7. The summed E-state index contributed by atoms with van der Waals surface area (Å²) in [5.41, 5.74) is -0.671. The van der Waals surface area contributed by atoms with Crippen molar-refractivity contribution in [3.05, 3.63) is 0 Å². The fraction of sp³-hybridized carbons (Fsp3) is 0.727. The van der Waals surface area contributed by atoms with E-state index in [1.54, 1.807) is 34.6 Å². The number of ether oxygens (including phenoxy) is 2. The number of hydrogen-bond acceptors (Lipinski definition) is 8. The van der Waals surface area contributed by atoms with E-state index in [4.69, 9.17) is 9.47 Å². The lowest BCUT2D eigenvalue weighted by molar-refractivity contribution is -0.454. The fourth-order valence-corrected chi connectivity index (χ4v) is 1.22. The maximum absolute atomic E-state index is 11.9. The highest BCUT2D eigenvalue weighted by atomic mass is 17.6. The zero-order valence-corrected chi connectivity index (χ0v) is 12.0. The highest BCUT2D eigenvalue weighted by Gasteiger charge is 2.31. The summed E-state index contributed by atoms with van der Waals surface area (Å²) in [4.78, 5) is 31.8. The van der Waals surface area contributed by atoms with Crippen molar-refractivity contribution >= 4 is 18.1 Å². The van der Waals surface area contributed by atoms with Gasteiger partial charge in [-0.25, -0.2) is 14.5 Å². The van der Waals surface area contributed by atoms with Crippen LogP contribution in [0.3, 0.4) is 0 Å². The van der Waals surface area contributed by atoms with Crippen LogP contribution in [0.1, 0.15) is 34.6 Å². The third-order valence-corrected chi connectivity index (χ3v) is 2.03. The van der Waals surface area contributed by atoms with Gasteiger partial charge < -0.3 is 14.8 Å². The number of carbonyl (C=O) groups excluding carboxylic acids is 2. The molecule has 0 radical (unpaired) electrons. The molecule has 1 atom stereocenters. The Bertz CT molecular complexity index is 400. The van der Waals surface area contributed by atoms with Gasteiger partial charge in [0.2, 0.25) is 0 Å². The van der Waals surface area contributed by atoms with Gasteiger partial charge in [-0.2, -0.15) is 4.99 Å². The van der Waals surface area contributed by atoms with Crippen molar-refractivity contribution in [1.29, 1.82) is 0 Å². The van der Waals surface area contributed by atoms with Crippen molar-refractivity contribution in [1.82, 2.24) is 5.32 Å². The maximum atomic E-state index is 11.9. The van der Waals surface area contributed by atoms with Crippen molar-refractivity contribution in [3.63, 3.8) is 0 Å². The first kappa shape index (κ1) is 16.0. The van der Waals surface area contributed by atoms with E-state index in [9.17, 15) is 9.59 Å². The highest BCUT2D eigenvalue weighted by Crippen LogP contribution is 2.10. The predicted octanol–water partition coefficient (Wildman–Crippen LogP) is 1.24. The second kappa shape index (κ2) is 6.42. The van der Waals surface area contributed by atoms with Crippen LogP contribution in [0.2, 0.25) is 0 Å². The second-order valence-corrected chi connectivity index (χ2v) is 5.37. The van der Waals surface area contributed by atoms with Crippen molar-refractivity contribution in [2.45, 2.75) is 46.3 Å². The quantitative estimate of drug-likeness (QED) is 0.615. The van der Waals surface area contributed by atoms with Crippen molar-refractivity contribution in [2.24, 2.45) is 11.1 Å². The average Bonchev–Trinajstić information content (AvgIpc) is 2.75. The van der Waals surface area contributed by atoms with Crippen LogP contribution >= 0.6 is 0 Å². The molecule has 0 spiro atoms. The summed E-state index contributed by atoms with van der Waals surface area (Å²) in [5.74, 6) is -1.02. The first-order chi connectivity index (χ1) is 9.19. The van der Waals surface area contributed by atoms with Gasteiger partial charge in [0.15, 0.2) is 0 Å². The van der Waals surface area contributed by atoms with Gasteiger partial charge in [0.25, 0.3) is 0 Å². The lowest BCUT2D eigenvalue weighted by Crippen LogP contribution is -2.47. The minimum atomic E-state index is -0.934. The van der Waals surface area contributed by atoms with E-state index < -0.39 is 29.8 Å². The number of hydrogen-bond donors (Lipinski definition) is 1. The van der Waals surface area contributed by atoms with Gasteiger partial charge in [0.1, 0.15) is 11.6 Å². The van der Waals surface area contributed by atoms with Crippen LogP contribution in [0.5, 0.6) is 0 Å². The Morgan fingerprint density at radius 1 is 1.30 bits per heavy atom. The second-order valence-electron chi connectivity index (χ2n) is 5.37. The smallest absolute Gasteiger partial charge is 0.444 e. The van der Waals surface area contributed by atoms with E-state index in [0.717, 1.165) is 0 Å². The van der Waals surface area contributed by atoms with Crippen LogP contribution in [0, 0.1) is 5.92 Å². The van der Waals surface area contributed by atoms with E-state index in [-0.39, 0.29) is 5.92 Å². The maximum Gasteiger partial charge on any atom is 0.469 e. The summed E-state index contributed by atoms with van der Waals surface area (Å²) >= 11 is 0. The van der Waals surface area contributed by atoms with Gasteiger partial charge in [0, 0.05) is 5.16 Å². The molecule has 0 aromatic heterocycles. The summed E-state index contributed by atoms with van der Waals surface area (Å²) in [6.07, 6.45) is -1.22. The summed E-state index contributed by atoms with van der Waals surface area (Å²) < 4.78 is 9.80. The molecule has 9 nitrogen and oxygen atoms in total. The van der Waals surface area contributed by atoms with Crippen LogP contribution in [0.25, 0.3) is 0 Å². The fourth-order valence-electron chi connectivity index (χ4n) is 1.22. The van der Waals surface area contributed by atoms with Crippen LogP contribution in [0.4, 0.5) is 4.79 Å². The number of carbonyl (C=O) groups is 2. The molecule has 1 aliphatic heterocycles. The molecule has 0 aliphatic carbocycles. The van der Waals surface area contributed by atoms with Crippen LogP contribution < -0.4 is 5.32 Å². The standard InChI is InChI=1S/C11H18N2O7/c1-6(2)7(12-9(15)17-11(3,4)5)8(14)16-10-13-19-20-18-10/h6-7H,1-5H3,(H,12,15)/t7-/m0/s1. The number of nitrogens with one attached hydrogen (secondary N) is 1. The minimum absolute atomic E-state index is 0.237. The molecular weight excluding hydrogens is 272 g/mol. The Labute approximate surface area is 116 Å². The molecule has 0 fully saturated rings. The van der Waals surface area contributed by atoms with E-state index >= 15 is 0 Å². The molecule has 0 saturated carbocycles. The number of esters is 1. The molecule has 1 heterocycles. The normalized spacial score (nSPS) is 15.8. The summed E-state index contributed by atoms with van der Waals surface area (Å²) in [6.45, 7) is 8.60. The lowest BCUT2D eigenvalue weighted by Gasteiger charge is -2.24. The molecule has 0 unspecified atom stereocenters. The van der Waals surface area contributed by atoms with Crippen LogP contribution in [-0.4, -0.2) is 29.8 Å². The van der Waals surface area contributed by atoms with Crippen molar-refractivity contribution < 1.29 is 34.0 Å². The number of oxime groups is 1. The molecule has 1 rings (SSSR count). The van der Waals surface area contributed by atoms with E-state index in [1.807, 2.05) is 0 Å². The minimum Gasteiger partial charge on any atom is -0.444 e. The Morgan fingerprint density at radius 2 is 1.95 bits per heavy atom. The van der Waals surface area contributed by atoms with Crippen molar-refractivity contribution in [2.75, 3.05) is 0 Å². The third kappa shape index (κ3) is 5.31. The lowest BCUT2D eigenvalue weighted by atomic mass is 10.1. The van der Waals surface area contributed by atoms with Gasteiger partial charge in [-0.15, -0.1) is 0 Å². The monoisotopic (exact) mass is 290 g/mol. The number of amides is 1. The zero-order chi connectivity index (χ0) is 15.3. The summed E-state index contributed by atoms with van der Waals surface area (Å²) in [5, 5.41) is 9.51. The molecule has 1 aliphatic rings. The van der Waals surface area contributed by atoms with Gasteiger partial charge in [-0.3, -0.25) is 0 Å². The van der Waals surface area contributed by atoms with E-state index in [0.29, 0.717) is 0 Å². The largest absolute Gasteiger partial charge is 0.469 e. The Morgan fingerprint density at radius 3 is 2.40 bits per heavy atom. The molecule has 0 aromatic carbocycles. The summed E-state index contributed by atoms with van der Waals surface area (Å²) in [6, 6.07) is -0.934. The van der Waals surface area contributed by atoms with Crippen molar-refractivity contribution in [3.8, 4) is 0 Å². The Balaban J connectivity index is 2.59. The number of nitrogens with zero attached hydrogens (tertiary/aromatic N) is 1. The molecule has 0 aromatic rings. The molecule has 20 heavy (non-hydrogen) atoms. The topological polar surface area (TPSA) is 105 Å². The average molecular weight is 290 g/mol.